The van der Waals surface area contributed by atoms with Crippen molar-refractivity contribution in [3.8, 4) is 0 Å². The van der Waals surface area contributed by atoms with E-state index in [0.717, 1.165) is 25.7 Å². The molecule has 1 aromatic heterocycles. The minimum atomic E-state index is -0.993. The molecule has 0 amide bonds. The minimum absolute atomic E-state index is 0.140. The van der Waals surface area contributed by atoms with Crippen LogP contribution in [0.25, 0.3) is 0 Å². The maximum absolute atomic E-state index is 12.2. The predicted octanol–water partition coefficient (Wildman–Crippen LogP) is -0.470. The summed E-state index contributed by atoms with van der Waals surface area (Å²) in [4.78, 5) is 15.9. The number of unbranched alkanes of at least 4 members (excludes halogenated alkanes) is 3. The number of nitrogens with zero attached hydrogens (tertiary/aromatic N) is 2. The molecule has 0 unspecified atom stereocenters. The number of aliphatic hydroxyl groups excluding tert-OH is 2. The van der Waals surface area contributed by atoms with Gasteiger partial charge in [-0.1, -0.05) is 12.8 Å². The van der Waals surface area contributed by atoms with Crippen LogP contribution >= 0.6 is 0 Å². The summed E-state index contributed by atoms with van der Waals surface area (Å²) >= 11 is 0. The summed E-state index contributed by atoms with van der Waals surface area (Å²) < 4.78 is 7.26. The van der Waals surface area contributed by atoms with Crippen LogP contribution in [0.1, 0.15) is 38.5 Å². The fourth-order valence-electron chi connectivity index (χ4n) is 3.09. The van der Waals surface area contributed by atoms with Crippen molar-refractivity contribution in [2.24, 2.45) is 5.73 Å². The molecule has 0 aromatic carbocycles. The van der Waals surface area contributed by atoms with Gasteiger partial charge in [-0.05, 0) is 31.9 Å². The maximum Gasteiger partial charge on any atom is 0.351 e. The molecule has 8 heteroatoms. The van der Waals surface area contributed by atoms with Gasteiger partial charge in [0.1, 0.15) is 11.9 Å². The van der Waals surface area contributed by atoms with Crippen molar-refractivity contribution in [2.45, 2.75) is 56.5 Å². The monoisotopic (exact) mass is 326 g/mol. The first-order chi connectivity index (χ1) is 11.0. The molecule has 1 aromatic rings. The molecular formula is C15H26N4O4. The highest BCUT2D eigenvalue weighted by Crippen LogP contribution is 2.38. The smallest absolute Gasteiger partial charge is 0.351 e. The number of ether oxygens (including phenoxy) is 1. The summed E-state index contributed by atoms with van der Waals surface area (Å²) in [5.74, 6) is 0.140. The van der Waals surface area contributed by atoms with Crippen molar-refractivity contribution >= 4 is 5.82 Å². The molecule has 0 saturated carbocycles. The zero-order valence-electron chi connectivity index (χ0n) is 13.2. The second-order valence-corrected chi connectivity index (χ2v) is 6.01. The van der Waals surface area contributed by atoms with Crippen LogP contribution in [-0.4, -0.2) is 45.1 Å². The van der Waals surface area contributed by atoms with E-state index in [0.29, 0.717) is 13.0 Å². The molecule has 0 bridgehead atoms. The first-order valence-electron chi connectivity index (χ1n) is 8.05. The molecule has 1 saturated heterocycles. The molecular weight excluding hydrogens is 300 g/mol. The Hall–Kier alpha value is -1.48. The van der Waals surface area contributed by atoms with E-state index in [2.05, 4.69) is 4.98 Å². The summed E-state index contributed by atoms with van der Waals surface area (Å²) in [7, 11) is 0. The largest absolute Gasteiger partial charge is 0.394 e. The molecule has 2 rings (SSSR count). The highest BCUT2D eigenvalue weighted by molar-refractivity contribution is 5.24. The van der Waals surface area contributed by atoms with Crippen molar-refractivity contribution < 1.29 is 14.9 Å². The average molecular weight is 326 g/mol. The van der Waals surface area contributed by atoms with Crippen LogP contribution in [0.2, 0.25) is 0 Å². The minimum Gasteiger partial charge on any atom is -0.394 e. The van der Waals surface area contributed by atoms with E-state index >= 15 is 0 Å². The molecule has 6 N–H and O–H groups in total. The first kappa shape index (κ1) is 17.9. The van der Waals surface area contributed by atoms with Crippen molar-refractivity contribution in [1.82, 2.24) is 9.55 Å². The zero-order chi connectivity index (χ0) is 16.9. The molecule has 130 valence electrons. The van der Waals surface area contributed by atoms with Gasteiger partial charge in [-0.15, -0.1) is 0 Å². The van der Waals surface area contributed by atoms with Crippen LogP contribution < -0.4 is 17.2 Å². The van der Waals surface area contributed by atoms with Gasteiger partial charge in [-0.2, -0.15) is 4.98 Å². The van der Waals surface area contributed by atoms with Gasteiger partial charge in [0.25, 0.3) is 0 Å². The Morgan fingerprint density at radius 3 is 2.74 bits per heavy atom. The van der Waals surface area contributed by atoms with Crippen LogP contribution in [0.3, 0.4) is 0 Å². The molecule has 3 atom stereocenters. The number of hydrogen-bond acceptors (Lipinski definition) is 7. The third-order valence-corrected chi connectivity index (χ3v) is 4.29. The van der Waals surface area contributed by atoms with Gasteiger partial charge in [-0.3, -0.25) is 4.57 Å². The van der Waals surface area contributed by atoms with Gasteiger partial charge in [0.2, 0.25) is 0 Å². The van der Waals surface area contributed by atoms with Crippen LogP contribution in [0, 0.1) is 0 Å². The fraction of sp³-hybridized carbons (Fsp3) is 0.733. The standard InChI is InChI=1S/C15H26N4O4/c16-7-4-2-1-3-6-15(9-11(21)12(10-20)23-15)19-8-5-13(17)18-14(19)22/h5,8,11-12,20-21H,1-4,6-7,9-10,16H2,(H2,17,18,22)/t11-,12+,15+/m0/s1. The number of rotatable bonds is 8. The van der Waals surface area contributed by atoms with E-state index in [1.165, 1.54) is 16.8 Å². The van der Waals surface area contributed by atoms with Gasteiger partial charge in [0.05, 0.1) is 12.7 Å². The lowest BCUT2D eigenvalue weighted by Crippen LogP contribution is -2.42. The Balaban J connectivity index is 2.20. The molecule has 8 nitrogen and oxygen atoms in total. The lowest BCUT2D eigenvalue weighted by Gasteiger charge is -2.31. The van der Waals surface area contributed by atoms with E-state index < -0.39 is 23.6 Å². The number of anilines is 1. The van der Waals surface area contributed by atoms with Crippen molar-refractivity contribution in [2.75, 3.05) is 18.9 Å². The highest BCUT2D eigenvalue weighted by atomic mass is 16.6. The molecule has 1 fully saturated rings. The highest BCUT2D eigenvalue weighted by Gasteiger charge is 2.47. The predicted molar refractivity (Wildman–Crippen MR) is 85.6 cm³/mol. The molecule has 23 heavy (non-hydrogen) atoms. The molecule has 0 radical (unpaired) electrons. The van der Waals surface area contributed by atoms with Gasteiger partial charge in [-0.25, -0.2) is 4.79 Å². The van der Waals surface area contributed by atoms with E-state index in [4.69, 9.17) is 16.2 Å². The maximum atomic E-state index is 12.2. The van der Waals surface area contributed by atoms with Crippen molar-refractivity contribution in [3.05, 3.63) is 22.7 Å². The quantitative estimate of drug-likeness (QED) is 0.474. The lowest BCUT2D eigenvalue weighted by molar-refractivity contribution is -0.124. The number of aliphatic hydroxyl groups is 2. The fourth-order valence-corrected chi connectivity index (χ4v) is 3.09. The molecule has 0 spiro atoms. The van der Waals surface area contributed by atoms with Gasteiger partial charge in [0.15, 0.2) is 5.72 Å². The molecule has 0 aliphatic carbocycles. The van der Waals surface area contributed by atoms with Gasteiger partial charge >= 0.3 is 5.69 Å². The number of nitrogens with two attached hydrogens (primary N) is 2. The summed E-state index contributed by atoms with van der Waals surface area (Å²) in [6, 6.07) is 1.53. The van der Waals surface area contributed by atoms with Crippen LogP contribution in [-0.2, 0) is 10.5 Å². The van der Waals surface area contributed by atoms with Crippen molar-refractivity contribution in [3.63, 3.8) is 0 Å². The van der Waals surface area contributed by atoms with E-state index in [-0.39, 0.29) is 18.8 Å². The Bertz CT molecular complexity index is 565. The number of hydrogen-bond donors (Lipinski definition) is 4. The molecule has 1 aliphatic rings. The number of nitrogen functional groups attached to an aromatic ring is 1. The Kier molecular flexibility index (Phi) is 6.11. The summed E-state index contributed by atoms with van der Waals surface area (Å²) in [5, 5.41) is 19.5. The second kappa shape index (κ2) is 7.87. The molecule has 2 heterocycles. The third-order valence-electron chi connectivity index (χ3n) is 4.29. The summed E-state index contributed by atoms with van der Waals surface area (Å²) in [6.07, 6.45) is 4.54. The van der Waals surface area contributed by atoms with Gasteiger partial charge in [0, 0.05) is 12.6 Å². The Labute approximate surface area is 135 Å². The topological polar surface area (TPSA) is 137 Å². The average Bonchev–Trinajstić information content (AvgIpc) is 2.84. The van der Waals surface area contributed by atoms with E-state index in [1.54, 1.807) is 0 Å². The van der Waals surface area contributed by atoms with Crippen LogP contribution in [0.15, 0.2) is 17.1 Å². The van der Waals surface area contributed by atoms with Crippen LogP contribution in [0.4, 0.5) is 5.82 Å². The Morgan fingerprint density at radius 1 is 1.39 bits per heavy atom. The SMILES string of the molecule is NCCCCCC[C@]1(n2ccc(N)nc2=O)C[C@H](O)[C@@H](CO)O1. The number of aromatic nitrogens is 2. The summed E-state index contributed by atoms with van der Waals surface area (Å²) in [6.45, 7) is 0.363. The Morgan fingerprint density at radius 2 is 2.13 bits per heavy atom. The van der Waals surface area contributed by atoms with Gasteiger partial charge < -0.3 is 26.4 Å². The van der Waals surface area contributed by atoms with Crippen molar-refractivity contribution in [1.29, 1.82) is 0 Å². The zero-order valence-corrected chi connectivity index (χ0v) is 13.2. The lowest BCUT2D eigenvalue weighted by atomic mass is 9.98. The normalized spacial score (nSPS) is 27.4. The first-order valence-corrected chi connectivity index (χ1v) is 8.05. The second-order valence-electron chi connectivity index (χ2n) is 6.01. The van der Waals surface area contributed by atoms with Crippen LogP contribution in [0.5, 0.6) is 0 Å². The van der Waals surface area contributed by atoms with E-state index in [1.807, 2.05) is 0 Å². The molecule has 1 aliphatic heterocycles. The van der Waals surface area contributed by atoms with E-state index in [9.17, 15) is 15.0 Å². The third kappa shape index (κ3) is 4.08. The summed E-state index contributed by atoms with van der Waals surface area (Å²) in [5.41, 5.74) is 9.52.